The summed E-state index contributed by atoms with van der Waals surface area (Å²) in [5.41, 5.74) is 3.81. The molecule has 0 saturated heterocycles. The fraction of sp³-hybridized carbons (Fsp3) is 0.333. The Bertz CT molecular complexity index is 1120. The van der Waals surface area contributed by atoms with E-state index in [4.69, 9.17) is 0 Å². The zero-order valence-electron chi connectivity index (χ0n) is 19.3. The van der Waals surface area contributed by atoms with Crippen LogP contribution in [0.25, 0.3) is 0 Å². The summed E-state index contributed by atoms with van der Waals surface area (Å²) in [6.07, 6.45) is 1.53. The highest BCUT2D eigenvalue weighted by atomic mass is 32.1. The van der Waals surface area contributed by atoms with Gasteiger partial charge in [-0.2, -0.15) is 0 Å². The monoisotopic (exact) mass is 464 g/mol. The number of amides is 2. The Morgan fingerprint density at radius 1 is 1.12 bits per heavy atom. The maximum absolute atomic E-state index is 13.7. The van der Waals surface area contributed by atoms with Crippen molar-refractivity contribution in [3.05, 3.63) is 92.9 Å². The summed E-state index contributed by atoms with van der Waals surface area (Å²) in [7, 11) is 0. The third-order valence-corrected chi connectivity index (χ3v) is 7.46. The van der Waals surface area contributed by atoms with E-state index in [1.165, 1.54) is 40.3 Å². The number of carbonyl (C=O) groups excluding carboxylic acids is 2. The van der Waals surface area contributed by atoms with Crippen LogP contribution in [0.1, 0.15) is 58.2 Å². The van der Waals surface area contributed by atoms with Crippen molar-refractivity contribution in [3.63, 3.8) is 0 Å². The van der Waals surface area contributed by atoms with Crippen molar-refractivity contribution in [2.75, 3.05) is 13.1 Å². The normalized spacial score (nSPS) is 16.2. The van der Waals surface area contributed by atoms with E-state index in [9.17, 15) is 14.0 Å². The lowest BCUT2D eigenvalue weighted by Gasteiger charge is -2.38. The number of hydrogen-bond donors (Lipinski definition) is 0. The molecule has 0 spiro atoms. The van der Waals surface area contributed by atoms with E-state index in [1.807, 2.05) is 18.7 Å². The fourth-order valence-electron chi connectivity index (χ4n) is 4.34. The molecule has 4 nitrogen and oxygen atoms in total. The number of carbonyl (C=O) groups is 2. The zero-order chi connectivity index (χ0) is 23.5. The van der Waals surface area contributed by atoms with E-state index < -0.39 is 5.82 Å². The SMILES string of the molecule is CCC(C)N(CC(=O)N1CCc2sccc2C1c1ccc(C)cc1)C(=O)c1ccc(F)cc1. The van der Waals surface area contributed by atoms with Crippen LogP contribution in [0.3, 0.4) is 0 Å². The summed E-state index contributed by atoms with van der Waals surface area (Å²) < 4.78 is 13.4. The molecule has 172 valence electrons. The Kier molecular flexibility index (Phi) is 6.94. The average Bonchev–Trinajstić information content (AvgIpc) is 3.31. The topological polar surface area (TPSA) is 40.6 Å². The Morgan fingerprint density at radius 3 is 2.48 bits per heavy atom. The smallest absolute Gasteiger partial charge is 0.254 e. The van der Waals surface area contributed by atoms with Gasteiger partial charge in [0.1, 0.15) is 12.4 Å². The molecule has 0 saturated carbocycles. The van der Waals surface area contributed by atoms with Gasteiger partial charge in [-0.3, -0.25) is 9.59 Å². The summed E-state index contributed by atoms with van der Waals surface area (Å²) in [5.74, 6) is -0.718. The molecular formula is C27H29FN2O2S. The summed E-state index contributed by atoms with van der Waals surface area (Å²) >= 11 is 1.73. The van der Waals surface area contributed by atoms with Gasteiger partial charge >= 0.3 is 0 Å². The lowest BCUT2D eigenvalue weighted by atomic mass is 9.92. The molecular weight excluding hydrogens is 435 g/mol. The number of benzene rings is 2. The van der Waals surface area contributed by atoms with Crippen LogP contribution in [0, 0.1) is 12.7 Å². The minimum Gasteiger partial charge on any atom is -0.330 e. The number of fused-ring (bicyclic) bond motifs is 1. The standard InChI is InChI=1S/C27H29FN2O2S/c1-4-19(3)30(27(32)21-9-11-22(28)12-10-21)17-25(31)29-15-13-24-23(14-16-33-24)26(29)20-7-5-18(2)6-8-20/h5-12,14,16,19,26H,4,13,15,17H2,1-3H3. The van der Waals surface area contributed by atoms with E-state index >= 15 is 0 Å². The predicted octanol–water partition coefficient (Wildman–Crippen LogP) is 5.61. The molecule has 2 aromatic carbocycles. The molecule has 1 aromatic heterocycles. The van der Waals surface area contributed by atoms with Crippen molar-refractivity contribution >= 4 is 23.2 Å². The van der Waals surface area contributed by atoms with Crippen LogP contribution in [-0.2, 0) is 11.2 Å². The van der Waals surface area contributed by atoms with Gasteiger partial charge in [0.05, 0.1) is 6.04 Å². The van der Waals surface area contributed by atoms with Gasteiger partial charge in [0, 0.05) is 23.0 Å². The van der Waals surface area contributed by atoms with Crippen LogP contribution in [0.15, 0.2) is 60.0 Å². The minimum absolute atomic E-state index is 0.00690. The highest BCUT2D eigenvalue weighted by Crippen LogP contribution is 2.38. The predicted molar refractivity (Wildman–Crippen MR) is 130 cm³/mol. The number of nitrogens with zero attached hydrogens (tertiary/aromatic N) is 2. The first-order valence-corrected chi connectivity index (χ1v) is 12.3. The molecule has 2 atom stereocenters. The van der Waals surface area contributed by atoms with Gasteiger partial charge in [-0.15, -0.1) is 11.3 Å². The van der Waals surface area contributed by atoms with Crippen molar-refractivity contribution < 1.29 is 14.0 Å². The Hall–Kier alpha value is -2.99. The van der Waals surface area contributed by atoms with Gasteiger partial charge in [0.25, 0.3) is 5.91 Å². The molecule has 0 radical (unpaired) electrons. The third-order valence-electron chi connectivity index (χ3n) is 6.46. The number of thiophene rings is 1. The molecule has 0 bridgehead atoms. The Morgan fingerprint density at radius 2 is 1.82 bits per heavy atom. The number of hydrogen-bond acceptors (Lipinski definition) is 3. The third kappa shape index (κ3) is 4.86. The van der Waals surface area contributed by atoms with Crippen LogP contribution >= 0.6 is 11.3 Å². The molecule has 0 aliphatic carbocycles. The molecule has 0 fully saturated rings. The van der Waals surface area contributed by atoms with Crippen LogP contribution in [0.5, 0.6) is 0 Å². The second-order valence-corrected chi connectivity index (χ2v) is 9.65. The van der Waals surface area contributed by atoms with Crippen LogP contribution < -0.4 is 0 Å². The van der Waals surface area contributed by atoms with Crippen LogP contribution in [0.4, 0.5) is 4.39 Å². The molecule has 4 rings (SSSR count). The quantitative estimate of drug-likeness (QED) is 0.476. The Balaban J connectivity index is 1.63. The lowest BCUT2D eigenvalue weighted by molar-refractivity contribution is -0.134. The second-order valence-electron chi connectivity index (χ2n) is 8.65. The molecule has 3 aromatic rings. The van der Waals surface area contributed by atoms with Crippen molar-refractivity contribution in [2.24, 2.45) is 0 Å². The van der Waals surface area contributed by atoms with E-state index in [-0.39, 0.29) is 30.4 Å². The lowest BCUT2D eigenvalue weighted by Crippen LogP contribution is -2.49. The zero-order valence-corrected chi connectivity index (χ0v) is 20.1. The summed E-state index contributed by atoms with van der Waals surface area (Å²) in [5, 5.41) is 2.09. The second kappa shape index (κ2) is 9.87. The van der Waals surface area contributed by atoms with E-state index in [0.717, 1.165) is 18.4 Å². The number of halogens is 1. The van der Waals surface area contributed by atoms with E-state index in [0.29, 0.717) is 12.1 Å². The van der Waals surface area contributed by atoms with Gasteiger partial charge in [0.15, 0.2) is 0 Å². The minimum atomic E-state index is -0.390. The molecule has 6 heteroatoms. The average molecular weight is 465 g/mol. The summed E-state index contributed by atoms with van der Waals surface area (Å²) in [6.45, 7) is 6.60. The molecule has 2 amide bonds. The first-order chi connectivity index (χ1) is 15.9. The van der Waals surface area contributed by atoms with Crippen molar-refractivity contribution in [1.82, 2.24) is 9.80 Å². The molecule has 2 unspecified atom stereocenters. The maximum atomic E-state index is 13.7. The van der Waals surface area contributed by atoms with E-state index in [1.54, 1.807) is 16.2 Å². The van der Waals surface area contributed by atoms with Gasteiger partial charge in [-0.25, -0.2) is 4.39 Å². The van der Waals surface area contributed by atoms with Gasteiger partial charge in [-0.1, -0.05) is 36.8 Å². The fourth-order valence-corrected chi connectivity index (χ4v) is 5.24. The Labute approximate surface area is 198 Å². The summed E-state index contributed by atoms with van der Waals surface area (Å²) in [6, 6.07) is 15.7. The van der Waals surface area contributed by atoms with Crippen molar-refractivity contribution in [1.29, 1.82) is 0 Å². The molecule has 0 N–H and O–H groups in total. The maximum Gasteiger partial charge on any atom is 0.254 e. The van der Waals surface area contributed by atoms with Gasteiger partial charge < -0.3 is 9.80 Å². The molecule has 33 heavy (non-hydrogen) atoms. The van der Waals surface area contributed by atoms with E-state index in [2.05, 4.69) is 42.6 Å². The number of rotatable bonds is 6. The van der Waals surface area contributed by atoms with Crippen molar-refractivity contribution in [2.45, 2.75) is 45.7 Å². The van der Waals surface area contributed by atoms with Crippen molar-refractivity contribution in [3.8, 4) is 0 Å². The van der Waals surface area contributed by atoms with Crippen LogP contribution in [-0.4, -0.2) is 40.7 Å². The largest absolute Gasteiger partial charge is 0.330 e. The molecule has 2 heterocycles. The highest BCUT2D eigenvalue weighted by molar-refractivity contribution is 7.10. The van der Waals surface area contributed by atoms with Gasteiger partial charge in [-0.05, 0) is 73.5 Å². The summed E-state index contributed by atoms with van der Waals surface area (Å²) in [4.78, 5) is 31.8. The van der Waals surface area contributed by atoms with Gasteiger partial charge in [0.2, 0.25) is 5.91 Å². The number of aryl methyl sites for hydroxylation is 1. The molecule has 1 aliphatic heterocycles. The highest BCUT2D eigenvalue weighted by Gasteiger charge is 2.34. The van der Waals surface area contributed by atoms with Crippen LogP contribution in [0.2, 0.25) is 0 Å². The molecule has 1 aliphatic rings. The first kappa shape index (κ1) is 23.2. The first-order valence-electron chi connectivity index (χ1n) is 11.4.